The van der Waals surface area contributed by atoms with E-state index < -0.39 is 17.8 Å². The Morgan fingerprint density at radius 3 is 2.42 bits per heavy atom. The molecule has 0 bridgehead atoms. The number of aliphatic hydroxyl groups excluding tert-OH is 1. The molecule has 2 saturated heterocycles. The van der Waals surface area contributed by atoms with Crippen LogP contribution >= 0.6 is 0 Å². The number of aliphatic carboxylic acids is 1. The maximum atomic E-state index is 13.5. The second-order valence-corrected chi connectivity index (χ2v) is 7.16. The van der Waals surface area contributed by atoms with Crippen LogP contribution in [0.15, 0.2) is 18.2 Å². The van der Waals surface area contributed by atoms with E-state index in [9.17, 15) is 19.4 Å². The number of methoxy groups -OCH3 is 1. The fourth-order valence-electron chi connectivity index (χ4n) is 4.16. The van der Waals surface area contributed by atoms with Gasteiger partial charge in [0, 0.05) is 43.9 Å². The number of aliphatic hydroxyl groups is 1. The number of hydrogen-bond donors (Lipinski definition) is 2. The molecule has 0 aromatic heterocycles. The van der Waals surface area contributed by atoms with Crippen LogP contribution in [0.25, 0.3) is 0 Å². The Kier molecular flexibility index (Phi) is 6.11. The van der Waals surface area contributed by atoms with E-state index in [0.717, 1.165) is 38.8 Å². The highest BCUT2D eigenvalue weighted by molar-refractivity contribution is 5.76. The summed E-state index contributed by atoms with van der Waals surface area (Å²) in [5.41, 5.74) is 0.487. The smallest absolute Gasteiger partial charge is 0.325 e. The minimum atomic E-state index is -0.950. The van der Waals surface area contributed by atoms with Gasteiger partial charge in [-0.2, -0.15) is 0 Å². The first-order chi connectivity index (χ1) is 12.5. The Bertz CT molecular complexity index is 626. The van der Waals surface area contributed by atoms with E-state index in [2.05, 4.69) is 4.90 Å². The van der Waals surface area contributed by atoms with Crippen molar-refractivity contribution in [3.8, 4) is 5.75 Å². The Morgan fingerprint density at radius 2 is 1.85 bits per heavy atom. The fourth-order valence-corrected chi connectivity index (χ4v) is 4.16. The molecule has 0 radical (unpaired) electrons. The van der Waals surface area contributed by atoms with Crippen molar-refractivity contribution < 1.29 is 24.1 Å². The SMILES string of the molecule is COc1cc(F)ccc1[C@H](C(=O)O)N1CCC(N2CCC(O)CC2)CC1. The highest BCUT2D eigenvalue weighted by atomic mass is 19.1. The van der Waals surface area contributed by atoms with Gasteiger partial charge in [-0.05, 0) is 31.7 Å². The summed E-state index contributed by atoms with van der Waals surface area (Å²) in [4.78, 5) is 16.3. The molecule has 2 fully saturated rings. The number of halogens is 1. The van der Waals surface area contributed by atoms with Crippen LogP contribution in [-0.4, -0.2) is 71.4 Å². The van der Waals surface area contributed by atoms with E-state index in [4.69, 9.17) is 4.74 Å². The lowest BCUT2D eigenvalue weighted by Gasteiger charge is -2.42. The van der Waals surface area contributed by atoms with Crippen molar-refractivity contribution in [1.29, 1.82) is 0 Å². The maximum absolute atomic E-state index is 13.5. The maximum Gasteiger partial charge on any atom is 0.325 e. The number of ether oxygens (including phenoxy) is 1. The van der Waals surface area contributed by atoms with Gasteiger partial charge in [-0.3, -0.25) is 9.69 Å². The molecule has 1 aromatic rings. The van der Waals surface area contributed by atoms with Gasteiger partial charge < -0.3 is 19.8 Å². The lowest BCUT2D eigenvalue weighted by atomic mass is 9.96. The zero-order valence-electron chi connectivity index (χ0n) is 15.1. The molecule has 2 heterocycles. The van der Waals surface area contributed by atoms with E-state index in [1.807, 2.05) is 4.90 Å². The van der Waals surface area contributed by atoms with Crippen LogP contribution in [0, 0.1) is 5.82 Å². The second kappa shape index (κ2) is 8.33. The quantitative estimate of drug-likeness (QED) is 0.829. The first-order valence-corrected chi connectivity index (χ1v) is 9.22. The normalized spacial score (nSPS) is 22.3. The summed E-state index contributed by atoms with van der Waals surface area (Å²) in [7, 11) is 1.42. The molecule has 0 amide bonds. The lowest BCUT2D eigenvalue weighted by Crippen LogP contribution is -2.49. The number of carboxylic acid groups (broad SMARTS) is 1. The number of carboxylic acids is 1. The molecule has 6 nitrogen and oxygen atoms in total. The number of benzene rings is 1. The molecule has 0 spiro atoms. The van der Waals surface area contributed by atoms with Gasteiger partial charge in [-0.15, -0.1) is 0 Å². The summed E-state index contributed by atoms with van der Waals surface area (Å²) in [6, 6.07) is 3.61. The Labute approximate surface area is 153 Å². The van der Waals surface area contributed by atoms with Crippen molar-refractivity contribution >= 4 is 5.97 Å². The van der Waals surface area contributed by atoms with Crippen LogP contribution in [0.4, 0.5) is 4.39 Å². The third kappa shape index (κ3) is 4.16. The number of likely N-dealkylation sites (tertiary alicyclic amines) is 2. The average Bonchev–Trinajstić information content (AvgIpc) is 2.64. The van der Waals surface area contributed by atoms with E-state index in [1.165, 1.54) is 25.3 Å². The fraction of sp³-hybridized carbons (Fsp3) is 0.632. The van der Waals surface area contributed by atoms with E-state index in [-0.39, 0.29) is 11.9 Å². The molecular formula is C19H27FN2O4. The Hall–Kier alpha value is -1.70. The number of nitrogens with zero attached hydrogens (tertiary/aromatic N) is 2. The first kappa shape index (κ1) is 19.1. The molecule has 2 N–H and O–H groups in total. The van der Waals surface area contributed by atoms with Crippen LogP contribution in [0.5, 0.6) is 5.75 Å². The molecule has 0 aliphatic carbocycles. The van der Waals surface area contributed by atoms with Gasteiger partial charge >= 0.3 is 5.97 Å². The van der Waals surface area contributed by atoms with Crippen molar-refractivity contribution in [2.75, 3.05) is 33.3 Å². The summed E-state index contributed by atoms with van der Waals surface area (Å²) in [5.74, 6) is -1.13. The largest absolute Gasteiger partial charge is 0.496 e. The Balaban J connectivity index is 1.68. The first-order valence-electron chi connectivity index (χ1n) is 9.22. The van der Waals surface area contributed by atoms with Gasteiger partial charge in [0.05, 0.1) is 13.2 Å². The number of carbonyl (C=O) groups is 1. The molecule has 1 aromatic carbocycles. The van der Waals surface area contributed by atoms with Crippen LogP contribution in [0.2, 0.25) is 0 Å². The van der Waals surface area contributed by atoms with Crippen molar-refractivity contribution in [3.05, 3.63) is 29.6 Å². The van der Waals surface area contributed by atoms with E-state index >= 15 is 0 Å². The van der Waals surface area contributed by atoms with Gasteiger partial charge in [0.15, 0.2) is 0 Å². The minimum Gasteiger partial charge on any atom is -0.496 e. The second-order valence-electron chi connectivity index (χ2n) is 7.16. The highest BCUT2D eigenvalue weighted by Crippen LogP contribution is 2.33. The molecule has 0 unspecified atom stereocenters. The molecule has 0 saturated carbocycles. The van der Waals surface area contributed by atoms with Crippen LogP contribution in [-0.2, 0) is 4.79 Å². The molecule has 7 heteroatoms. The molecule has 144 valence electrons. The number of hydrogen-bond acceptors (Lipinski definition) is 5. The predicted molar refractivity (Wildman–Crippen MR) is 94.7 cm³/mol. The van der Waals surface area contributed by atoms with Crippen LogP contribution in [0.1, 0.15) is 37.3 Å². The minimum absolute atomic E-state index is 0.186. The third-order valence-electron chi connectivity index (χ3n) is 5.60. The molecule has 2 aliphatic heterocycles. The van der Waals surface area contributed by atoms with Crippen molar-refractivity contribution in [2.24, 2.45) is 0 Å². The molecule has 1 atom stereocenters. The summed E-state index contributed by atoms with van der Waals surface area (Å²) < 4.78 is 18.7. The monoisotopic (exact) mass is 366 g/mol. The van der Waals surface area contributed by atoms with Gasteiger partial charge in [-0.25, -0.2) is 4.39 Å². The van der Waals surface area contributed by atoms with Crippen LogP contribution < -0.4 is 4.74 Å². The van der Waals surface area contributed by atoms with Gasteiger partial charge in [0.25, 0.3) is 0 Å². The molecule has 3 rings (SSSR count). The average molecular weight is 366 g/mol. The molecular weight excluding hydrogens is 339 g/mol. The van der Waals surface area contributed by atoms with Gasteiger partial charge in [0.2, 0.25) is 0 Å². The summed E-state index contributed by atoms with van der Waals surface area (Å²) in [5, 5.41) is 19.4. The van der Waals surface area contributed by atoms with Crippen molar-refractivity contribution in [3.63, 3.8) is 0 Å². The summed E-state index contributed by atoms with van der Waals surface area (Å²) >= 11 is 0. The lowest BCUT2D eigenvalue weighted by molar-refractivity contribution is -0.144. The zero-order chi connectivity index (χ0) is 18.7. The number of rotatable bonds is 5. The van der Waals surface area contributed by atoms with E-state index in [1.54, 1.807) is 0 Å². The molecule has 2 aliphatic rings. The van der Waals surface area contributed by atoms with Gasteiger partial charge in [0.1, 0.15) is 17.6 Å². The Morgan fingerprint density at radius 1 is 1.19 bits per heavy atom. The van der Waals surface area contributed by atoms with Crippen molar-refractivity contribution in [2.45, 2.75) is 43.9 Å². The zero-order valence-corrected chi connectivity index (χ0v) is 15.1. The van der Waals surface area contributed by atoms with Crippen LogP contribution in [0.3, 0.4) is 0 Å². The predicted octanol–water partition coefficient (Wildman–Crippen LogP) is 1.88. The van der Waals surface area contributed by atoms with E-state index in [0.29, 0.717) is 24.7 Å². The topological polar surface area (TPSA) is 73.2 Å². The standard InChI is InChI=1S/C19H27FN2O4/c1-26-17-12-13(20)2-3-16(17)18(19(24)25)22-8-4-14(5-9-22)21-10-6-15(23)7-11-21/h2-3,12,14-15,18,23H,4-11H2,1H3,(H,24,25)/t18-/m1/s1. The summed E-state index contributed by atoms with van der Waals surface area (Å²) in [6.07, 6.45) is 3.22. The highest BCUT2D eigenvalue weighted by Gasteiger charge is 2.35. The third-order valence-corrected chi connectivity index (χ3v) is 5.60. The van der Waals surface area contributed by atoms with Crippen molar-refractivity contribution in [1.82, 2.24) is 9.80 Å². The molecule has 26 heavy (non-hydrogen) atoms. The number of piperidine rings is 2. The summed E-state index contributed by atoms with van der Waals surface area (Å²) in [6.45, 7) is 3.14. The van der Waals surface area contributed by atoms with Gasteiger partial charge in [-0.1, -0.05) is 6.07 Å².